The zero-order chi connectivity index (χ0) is 33.0. The van der Waals surface area contributed by atoms with Crippen LogP contribution in [0, 0.1) is 0 Å². The lowest BCUT2D eigenvalue weighted by Gasteiger charge is -2.15. The molecule has 0 saturated heterocycles. The van der Waals surface area contributed by atoms with E-state index in [1.54, 1.807) is 0 Å². The molecule has 0 unspecified atom stereocenters. The molecule has 0 amide bonds. The molecule has 0 spiro atoms. The standard InChI is InChI=1S/C47H29N3/c1-6-16-37-30(11-1)25-26-48-46(37)32-23-21-31(22-24-32)44-29-45(42-27-33-12-2-4-14-35(33)38-17-7-9-19-40(38)42)50-47(49-44)43-28-34-13-3-5-15-36(34)39-18-8-10-20-41(39)43/h1-29H. The van der Waals surface area contributed by atoms with Crippen LogP contribution in [0.15, 0.2) is 176 Å². The summed E-state index contributed by atoms with van der Waals surface area (Å²) < 4.78 is 0. The summed E-state index contributed by atoms with van der Waals surface area (Å²) in [5.41, 5.74) is 6.94. The molecule has 0 aliphatic rings. The fourth-order valence-corrected chi connectivity index (χ4v) is 7.51. The smallest absolute Gasteiger partial charge is 0.161 e. The lowest BCUT2D eigenvalue weighted by atomic mass is 9.94. The molecule has 3 heteroatoms. The van der Waals surface area contributed by atoms with Crippen LogP contribution in [0.4, 0.5) is 0 Å². The van der Waals surface area contributed by atoms with Crippen molar-refractivity contribution in [3.63, 3.8) is 0 Å². The van der Waals surface area contributed by atoms with E-state index in [-0.39, 0.29) is 0 Å². The van der Waals surface area contributed by atoms with Gasteiger partial charge >= 0.3 is 0 Å². The highest BCUT2D eigenvalue weighted by atomic mass is 14.9. The predicted molar refractivity (Wildman–Crippen MR) is 209 cm³/mol. The van der Waals surface area contributed by atoms with Crippen LogP contribution >= 0.6 is 0 Å². The Labute approximate surface area is 289 Å². The van der Waals surface area contributed by atoms with Gasteiger partial charge in [-0.2, -0.15) is 0 Å². The van der Waals surface area contributed by atoms with Gasteiger partial charge in [-0.05, 0) is 72.7 Å². The normalized spacial score (nSPS) is 11.6. The first-order valence-corrected chi connectivity index (χ1v) is 16.9. The molecule has 232 valence electrons. The minimum atomic E-state index is 0.705. The maximum Gasteiger partial charge on any atom is 0.161 e. The minimum Gasteiger partial charge on any atom is -0.256 e. The topological polar surface area (TPSA) is 38.7 Å². The lowest BCUT2D eigenvalue weighted by Crippen LogP contribution is -1.98. The van der Waals surface area contributed by atoms with E-state index >= 15 is 0 Å². The zero-order valence-corrected chi connectivity index (χ0v) is 27.1. The van der Waals surface area contributed by atoms with Crippen LogP contribution in [-0.2, 0) is 0 Å². The highest BCUT2D eigenvalue weighted by molar-refractivity contribution is 6.15. The van der Waals surface area contributed by atoms with Crippen LogP contribution in [0.2, 0.25) is 0 Å². The van der Waals surface area contributed by atoms with Crippen molar-refractivity contribution in [3.8, 4) is 45.2 Å². The van der Waals surface area contributed by atoms with Gasteiger partial charge in [-0.15, -0.1) is 0 Å². The Bertz CT molecular complexity index is 2780. The van der Waals surface area contributed by atoms with E-state index < -0.39 is 0 Å². The first-order chi connectivity index (χ1) is 24.8. The molecule has 10 aromatic rings. The highest BCUT2D eigenvalue weighted by Crippen LogP contribution is 2.39. The lowest BCUT2D eigenvalue weighted by molar-refractivity contribution is 1.19. The Balaban J connectivity index is 1.22. The van der Waals surface area contributed by atoms with Gasteiger partial charge in [0.1, 0.15) is 0 Å². The third-order valence-electron chi connectivity index (χ3n) is 9.91. The Hall–Kier alpha value is -6.71. The Kier molecular flexibility index (Phi) is 6.49. The van der Waals surface area contributed by atoms with Gasteiger partial charge < -0.3 is 0 Å². The molecular weight excluding hydrogens is 607 g/mol. The summed E-state index contributed by atoms with van der Waals surface area (Å²) in [6, 6.07) is 60.1. The molecule has 0 atom stereocenters. The van der Waals surface area contributed by atoms with Gasteiger partial charge in [0.2, 0.25) is 0 Å². The summed E-state index contributed by atoms with van der Waals surface area (Å²) in [6.07, 6.45) is 1.89. The van der Waals surface area contributed by atoms with Crippen LogP contribution in [-0.4, -0.2) is 15.0 Å². The molecule has 0 aliphatic carbocycles. The summed E-state index contributed by atoms with van der Waals surface area (Å²) >= 11 is 0. The Morgan fingerprint density at radius 1 is 0.320 bits per heavy atom. The van der Waals surface area contributed by atoms with Crippen molar-refractivity contribution in [1.29, 1.82) is 0 Å². The van der Waals surface area contributed by atoms with Gasteiger partial charge in [0, 0.05) is 33.8 Å². The highest BCUT2D eigenvalue weighted by Gasteiger charge is 2.17. The molecule has 0 saturated carbocycles. The first-order valence-electron chi connectivity index (χ1n) is 16.9. The molecule has 0 radical (unpaired) electrons. The van der Waals surface area contributed by atoms with Crippen molar-refractivity contribution in [2.24, 2.45) is 0 Å². The van der Waals surface area contributed by atoms with Gasteiger partial charge in [-0.1, -0.05) is 146 Å². The fraction of sp³-hybridized carbons (Fsp3) is 0. The van der Waals surface area contributed by atoms with Crippen molar-refractivity contribution in [1.82, 2.24) is 15.0 Å². The van der Waals surface area contributed by atoms with Crippen LogP contribution in [0.25, 0.3) is 99.0 Å². The number of pyridine rings is 1. The first kappa shape index (κ1) is 28.3. The zero-order valence-electron chi connectivity index (χ0n) is 27.1. The predicted octanol–water partition coefficient (Wildman–Crippen LogP) is 12.3. The average molecular weight is 636 g/mol. The van der Waals surface area contributed by atoms with Crippen molar-refractivity contribution in [2.75, 3.05) is 0 Å². The summed E-state index contributed by atoms with van der Waals surface area (Å²) in [4.78, 5) is 15.5. The van der Waals surface area contributed by atoms with E-state index in [1.807, 2.05) is 6.20 Å². The Morgan fingerprint density at radius 3 is 1.46 bits per heavy atom. The number of fused-ring (bicyclic) bond motifs is 7. The maximum atomic E-state index is 5.39. The molecular formula is C47H29N3. The second kappa shape index (κ2) is 11.5. The van der Waals surface area contributed by atoms with E-state index in [0.717, 1.165) is 50.1 Å². The fourth-order valence-electron chi connectivity index (χ4n) is 7.51. The molecule has 8 aromatic carbocycles. The summed E-state index contributed by atoms with van der Waals surface area (Å²) in [6.45, 7) is 0. The van der Waals surface area contributed by atoms with Gasteiger partial charge in [-0.25, -0.2) is 9.97 Å². The third-order valence-corrected chi connectivity index (χ3v) is 9.91. The van der Waals surface area contributed by atoms with Crippen molar-refractivity contribution < 1.29 is 0 Å². The summed E-state index contributed by atoms with van der Waals surface area (Å²) in [5, 5.41) is 11.8. The number of rotatable bonds is 4. The number of benzene rings is 8. The van der Waals surface area contributed by atoms with Gasteiger partial charge in [0.25, 0.3) is 0 Å². The molecule has 0 aliphatic heterocycles. The van der Waals surface area contributed by atoms with Crippen molar-refractivity contribution >= 4 is 53.9 Å². The number of aromatic nitrogens is 3. The molecule has 0 fully saturated rings. The second-order valence-electron chi connectivity index (χ2n) is 12.8. The maximum absolute atomic E-state index is 5.39. The third kappa shape index (κ3) is 4.63. The monoisotopic (exact) mass is 635 g/mol. The van der Waals surface area contributed by atoms with E-state index in [9.17, 15) is 0 Å². The van der Waals surface area contributed by atoms with Crippen molar-refractivity contribution in [2.45, 2.75) is 0 Å². The van der Waals surface area contributed by atoms with Crippen LogP contribution < -0.4 is 0 Å². The Morgan fingerprint density at radius 2 is 0.800 bits per heavy atom. The molecule has 0 bridgehead atoms. The van der Waals surface area contributed by atoms with E-state index in [2.05, 4.69) is 170 Å². The second-order valence-corrected chi connectivity index (χ2v) is 12.8. The van der Waals surface area contributed by atoms with E-state index in [4.69, 9.17) is 15.0 Å². The van der Waals surface area contributed by atoms with Crippen LogP contribution in [0.3, 0.4) is 0 Å². The van der Waals surface area contributed by atoms with E-state index in [0.29, 0.717) is 5.82 Å². The summed E-state index contributed by atoms with van der Waals surface area (Å²) in [5.74, 6) is 0.705. The quantitative estimate of drug-likeness (QED) is 0.181. The average Bonchev–Trinajstić information content (AvgIpc) is 3.20. The molecule has 50 heavy (non-hydrogen) atoms. The summed E-state index contributed by atoms with van der Waals surface area (Å²) in [7, 11) is 0. The van der Waals surface area contributed by atoms with Crippen molar-refractivity contribution in [3.05, 3.63) is 176 Å². The molecule has 2 aromatic heterocycles. The van der Waals surface area contributed by atoms with E-state index in [1.165, 1.54) is 43.1 Å². The van der Waals surface area contributed by atoms with Gasteiger partial charge in [0.05, 0.1) is 17.1 Å². The largest absolute Gasteiger partial charge is 0.256 e. The SMILES string of the molecule is c1ccc2c(-c3ccc(-c4cc(-c5cc6ccccc6c6ccccc56)nc(-c5cc6ccccc6c6ccccc56)n4)cc3)nccc2c1. The minimum absolute atomic E-state index is 0.705. The van der Waals surface area contributed by atoms with Gasteiger partial charge in [-0.3, -0.25) is 4.98 Å². The molecule has 0 N–H and O–H groups in total. The molecule has 10 rings (SSSR count). The molecule has 2 heterocycles. The number of hydrogen-bond donors (Lipinski definition) is 0. The van der Waals surface area contributed by atoms with Crippen LogP contribution in [0.5, 0.6) is 0 Å². The number of hydrogen-bond acceptors (Lipinski definition) is 3. The van der Waals surface area contributed by atoms with Gasteiger partial charge in [0.15, 0.2) is 5.82 Å². The molecule has 3 nitrogen and oxygen atoms in total. The van der Waals surface area contributed by atoms with Crippen LogP contribution in [0.1, 0.15) is 0 Å². The number of nitrogens with zero attached hydrogens (tertiary/aromatic N) is 3.